The molecule has 6 nitrogen and oxygen atoms in total. The zero-order valence-corrected chi connectivity index (χ0v) is 12.9. The summed E-state index contributed by atoms with van der Waals surface area (Å²) in [6.07, 6.45) is 2.35. The molecular formula is C15H26N4O2. The van der Waals surface area contributed by atoms with Gasteiger partial charge in [0.25, 0.3) is 0 Å². The fourth-order valence-electron chi connectivity index (χ4n) is 3.73. The summed E-state index contributed by atoms with van der Waals surface area (Å²) in [5.41, 5.74) is 0.147. The van der Waals surface area contributed by atoms with Gasteiger partial charge >= 0.3 is 0 Å². The van der Waals surface area contributed by atoms with Gasteiger partial charge in [0.2, 0.25) is 11.8 Å². The first kappa shape index (κ1) is 14.8. The number of hydrogen-bond acceptors (Lipinski definition) is 4. The molecule has 1 atom stereocenters. The van der Waals surface area contributed by atoms with Crippen LogP contribution in [0.15, 0.2) is 0 Å². The standard InChI is InChI=1S/C15H26N4O2/c1-17-6-8-19(9-7-17)14(21)2-4-18-5-3-15(12-18)10-13(20)16-11-15/h2-12H2,1H3,(H,16,20)/t15-/m0/s1. The second kappa shape index (κ2) is 5.93. The van der Waals surface area contributed by atoms with Crippen LogP contribution in [0.5, 0.6) is 0 Å². The maximum Gasteiger partial charge on any atom is 0.223 e. The number of rotatable bonds is 3. The summed E-state index contributed by atoms with van der Waals surface area (Å²) in [4.78, 5) is 30.3. The Balaban J connectivity index is 1.42. The van der Waals surface area contributed by atoms with E-state index in [1.165, 1.54) is 0 Å². The van der Waals surface area contributed by atoms with E-state index in [1.54, 1.807) is 0 Å². The van der Waals surface area contributed by atoms with E-state index in [0.717, 1.165) is 58.8 Å². The van der Waals surface area contributed by atoms with Gasteiger partial charge in [-0.15, -0.1) is 0 Å². The Kier molecular flexibility index (Phi) is 4.17. The maximum absolute atomic E-state index is 12.2. The molecule has 0 bridgehead atoms. The fourth-order valence-corrected chi connectivity index (χ4v) is 3.73. The number of nitrogens with zero attached hydrogens (tertiary/aromatic N) is 3. The van der Waals surface area contributed by atoms with E-state index in [0.29, 0.717) is 12.8 Å². The van der Waals surface area contributed by atoms with Crippen LogP contribution in [0.1, 0.15) is 19.3 Å². The molecular weight excluding hydrogens is 268 g/mol. The molecule has 3 heterocycles. The van der Waals surface area contributed by atoms with Gasteiger partial charge in [0.05, 0.1) is 0 Å². The van der Waals surface area contributed by atoms with Crippen LogP contribution in [0.2, 0.25) is 0 Å². The molecule has 0 unspecified atom stereocenters. The van der Waals surface area contributed by atoms with Gasteiger partial charge in [0.15, 0.2) is 0 Å². The molecule has 0 aromatic heterocycles. The van der Waals surface area contributed by atoms with Crippen LogP contribution >= 0.6 is 0 Å². The summed E-state index contributed by atoms with van der Waals surface area (Å²) < 4.78 is 0. The number of piperazine rings is 1. The number of nitrogens with one attached hydrogen (secondary N) is 1. The summed E-state index contributed by atoms with van der Waals surface area (Å²) >= 11 is 0. The molecule has 0 aliphatic carbocycles. The van der Waals surface area contributed by atoms with Crippen molar-refractivity contribution in [2.24, 2.45) is 5.41 Å². The average Bonchev–Trinajstić information content (AvgIpc) is 3.04. The Labute approximate surface area is 126 Å². The molecule has 6 heteroatoms. The molecule has 3 fully saturated rings. The molecule has 118 valence electrons. The number of carbonyl (C=O) groups is 2. The lowest BCUT2D eigenvalue weighted by molar-refractivity contribution is -0.133. The van der Waals surface area contributed by atoms with Crippen LogP contribution in [0, 0.1) is 5.41 Å². The van der Waals surface area contributed by atoms with Crippen LogP contribution in [0.25, 0.3) is 0 Å². The summed E-state index contributed by atoms with van der Waals surface area (Å²) in [6, 6.07) is 0. The Morgan fingerprint density at radius 1 is 1.24 bits per heavy atom. The lowest BCUT2D eigenvalue weighted by Gasteiger charge is -2.33. The van der Waals surface area contributed by atoms with Crippen molar-refractivity contribution in [3.8, 4) is 0 Å². The van der Waals surface area contributed by atoms with Gasteiger partial charge in [0.1, 0.15) is 0 Å². The Morgan fingerprint density at radius 3 is 2.67 bits per heavy atom. The Bertz CT molecular complexity index is 420. The van der Waals surface area contributed by atoms with Crippen molar-refractivity contribution in [1.29, 1.82) is 0 Å². The minimum atomic E-state index is 0.147. The number of likely N-dealkylation sites (tertiary alicyclic amines) is 1. The van der Waals surface area contributed by atoms with Crippen LogP contribution < -0.4 is 5.32 Å². The van der Waals surface area contributed by atoms with E-state index in [4.69, 9.17) is 0 Å². The minimum absolute atomic E-state index is 0.147. The first-order chi connectivity index (χ1) is 10.1. The lowest BCUT2D eigenvalue weighted by Crippen LogP contribution is -2.47. The molecule has 0 radical (unpaired) electrons. The van der Waals surface area contributed by atoms with Gasteiger partial charge in [0, 0.05) is 64.1 Å². The molecule has 3 saturated heterocycles. The second-order valence-electron chi connectivity index (χ2n) is 6.91. The van der Waals surface area contributed by atoms with Crippen molar-refractivity contribution < 1.29 is 9.59 Å². The van der Waals surface area contributed by atoms with Crippen LogP contribution in [0.4, 0.5) is 0 Å². The van der Waals surface area contributed by atoms with Gasteiger partial charge in [-0.2, -0.15) is 0 Å². The average molecular weight is 294 g/mol. The quantitative estimate of drug-likeness (QED) is 0.752. The SMILES string of the molecule is CN1CCN(C(=O)CCN2CC[C@]3(CNC(=O)C3)C2)CC1. The third-order valence-corrected chi connectivity index (χ3v) is 5.21. The van der Waals surface area contributed by atoms with Crippen molar-refractivity contribution in [1.82, 2.24) is 20.0 Å². The van der Waals surface area contributed by atoms with E-state index in [1.807, 2.05) is 4.90 Å². The molecule has 2 amide bonds. The number of hydrogen-bond donors (Lipinski definition) is 1. The molecule has 21 heavy (non-hydrogen) atoms. The van der Waals surface area contributed by atoms with Crippen molar-refractivity contribution in [3.63, 3.8) is 0 Å². The van der Waals surface area contributed by atoms with Crippen LogP contribution in [0.3, 0.4) is 0 Å². The minimum Gasteiger partial charge on any atom is -0.355 e. The zero-order valence-electron chi connectivity index (χ0n) is 12.9. The monoisotopic (exact) mass is 294 g/mol. The molecule has 0 aromatic rings. The first-order valence-electron chi connectivity index (χ1n) is 8.02. The van der Waals surface area contributed by atoms with E-state index in [9.17, 15) is 9.59 Å². The highest BCUT2D eigenvalue weighted by Crippen LogP contribution is 2.36. The topological polar surface area (TPSA) is 55.9 Å². The summed E-state index contributed by atoms with van der Waals surface area (Å²) in [7, 11) is 2.10. The van der Waals surface area contributed by atoms with Crippen molar-refractivity contribution in [3.05, 3.63) is 0 Å². The van der Waals surface area contributed by atoms with E-state index in [2.05, 4.69) is 22.2 Å². The molecule has 0 aromatic carbocycles. The third-order valence-electron chi connectivity index (χ3n) is 5.21. The van der Waals surface area contributed by atoms with Crippen molar-refractivity contribution >= 4 is 11.8 Å². The molecule has 0 saturated carbocycles. The van der Waals surface area contributed by atoms with Crippen LogP contribution in [-0.2, 0) is 9.59 Å². The Hall–Kier alpha value is -1.14. The summed E-state index contributed by atoms with van der Waals surface area (Å²) in [5, 5.41) is 2.95. The largest absolute Gasteiger partial charge is 0.355 e. The predicted molar refractivity (Wildman–Crippen MR) is 79.8 cm³/mol. The smallest absolute Gasteiger partial charge is 0.223 e. The fraction of sp³-hybridized carbons (Fsp3) is 0.867. The highest BCUT2D eigenvalue weighted by Gasteiger charge is 2.43. The van der Waals surface area contributed by atoms with E-state index < -0.39 is 0 Å². The molecule has 3 aliphatic heterocycles. The summed E-state index contributed by atoms with van der Waals surface area (Å²) in [6.45, 7) is 7.30. The van der Waals surface area contributed by atoms with Gasteiger partial charge in [-0.3, -0.25) is 9.59 Å². The summed E-state index contributed by atoms with van der Waals surface area (Å²) in [5.74, 6) is 0.468. The highest BCUT2D eigenvalue weighted by molar-refractivity contribution is 5.79. The van der Waals surface area contributed by atoms with Gasteiger partial charge in [-0.05, 0) is 20.0 Å². The van der Waals surface area contributed by atoms with Gasteiger partial charge in [-0.1, -0.05) is 0 Å². The number of carbonyl (C=O) groups excluding carboxylic acids is 2. The highest BCUT2D eigenvalue weighted by atomic mass is 16.2. The van der Waals surface area contributed by atoms with Crippen molar-refractivity contribution in [2.75, 3.05) is 59.4 Å². The second-order valence-corrected chi connectivity index (χ2v) is 6.91. The zero-order chi connectivity index (χ0) is 14.9. The molecule has 3 rings (SSSR count). The normalized spacial score (nSPS) is 31.1. The maximum atomic E-state index is 12.2. The molecule has 1 spiro atoms. The van der Waals surface area contributed by atoms with Gasteiger partial charge in [-0.25, -0.2) is 0 Å². The third kappa shape index (κ3) is 3.37. The molecule has 1 N–H and O–H groups in total. The van der Waals surface area contributed by atoms with E-state index >= 15 is 0 Å². The molecule has 3 aliphatic rings. The number of amides is 2. The van der Waals surface area contributed by atoms with Gasteiger partial charge < -0.3 is 20.0 Å². The number of likely N-dealkylation sites (N-methyl/N-ethyl adjacent to an activating group) is 1. The van der Waals surface area contributed by atoms with E-state index in [-0.39, 0.29) is 17.2 Å². The predicted octanol–water partition coefficient (Wildman–Crippen LogP) is -0.637. The van der Waals surface area contributed by atoms with Crippen LogP contribution in [-0.4, -0.2) is 85.9 Å². The Morgan fingerprint density at radius 2 is 2.00 bits per heavy atom. The first-order valence-corrected chi connectivity index (χ1v) is 8.02. The van der Waals surface area contributed by atoms with Crippen molar-refractivity contribution in [2.45, 2.75) is 19.3 Å². The lowest BCUT2D eigenvalue weighted by atomic mass is 9.86.